The number of nitrogens with zero attached hydrogens (tertiary/aromatic N) is 4. The number of hydrogen-bond acceptors (Lipinski definition) is 7. The van der Waals surface area contributed by atoms with Gasteiger partial charge in [-0.2, -0.15) is 0 Å². The minimum atomic E-state index is -1.93. The number of rotatable bonds is 4. The lowest BCUT2D eigenvalue weighted by Crippen LogP contribution is -2.44. The standard InChI is InChI=1S/C19H29ClN4O4Si/c1-18(2,3)29(6,7)25-8-11-13-14(28-19(4,5)27-13)17(26-11)24-10-23-12-15(20)21-9-22-16(12)24/h9-11,13-14,17H,8H2,1-7H3/t11-,13-,14+,17-/m1/s1. The van der Waals surface area contributed by atoms with Crippen LogP contribution in [0.2, 0.25) is 23.3 Å². The van der Waals surface area contributed by atoms with E-state index in [9.17, 15) is 0 Å². The van der Waals surface area contributed by atoms with Crippen molar-refractivity contribution in [3.63, 3.8) is 0 Å². The van der Waals surface area contributed by atoms with Gasteiger partial charge in [-0.25, -0.2) is 15.0 Å². The first-order valence-electron chi connectivity index (χ1n) is 9.88. The first-order valence-corrected chi connectivity index (χ1v) is 13.2. The van der Waals surface area contributed by atoms with Gasteiger partial charge in [0.1, 0.15) is 30.2 Å². The molecule has 2 aliphatic rings. The molecule has 4 atom stereocenters. The number of hydrogen-bond donors (Lipinski definition) is 0. The third-order valence-electron chi connectivity index (χ3n) is 6.13. The number of imidazole rings is 1. The van der Waals surface area contributed by atoms with E-state index in [4.69, 9.17) is 30.2 Å². The summed E-state index contributed by atoms with van der Waals surface area (Å²) in [6.07, 6.45) is 1.85. The summed E-state index contributed by atoms with van der Waals surface area (Å²) in [6, 6.07) is 0. The molecule has 2 aliphatic heterocycles. The maximum atomic E-state index is 6.43. The molecule has 2 fully saturated rings. The number of fused-ring (bicyclic) bond motifs is 2. The van der Waals surface area contributed by atoms with Crippen molar-refractivity contribution in [3.05, 3.63) is 17.8 Å². The molecule has 0 amide bonds. The second-order valence-electron chi connectivity index (χ2n) is 9.69. The third-order valence-corrected chi connectivity index (χ3v) is 10.9. The van der Waals surface area contributed by atoms with Gasteiger partial charge in [-0.05, 0) is 32.0 Å². The summed E-state index contributed by atoms with van der Waals surface area (Å²) in [7, 11) is -1.93. The molecule has 0 unspecified atom stereocenters. The van der Waals surface area contributed by atoms with Crippen molar-refractivity contribution in [2.75, 3.05) is 6.61 Å². The van der Waals surface area contributed by atoms with Crippen molar-refractivity contribution in [1.82, 2.24) is 19.5 Å². The highest BCUT2D eigenvalue weighted by molar-refractivity contribution is 6.74. The largest absolute Gasteiger partial charge is 0.414 e. The Morgan fingerprint density at radius 1 is 1.17 bits per heavy atom. The lowest BCUT2D eigenvalue weighted by molar-refractivity contribution is -0.199. The van der Waals surface area contributed by atoms with Crippen molar-refractivity contribution in [2.45, 2.75) is 83.1 Å². The monoisotopic (exact) mass is 440 g/mol. The lowest BCUT2D eigenvalue weighted by atomic mass is 10.1. The van der Waals surface area contributed by atoms with E-state index < -0.39 is 20.3 Å². The number of ether oxygens (including phenoxy) is 3. The fourth-order valence-electron chi connectivity index (χ4n) is 3.53. The van der Waals surface area contributed by atoms with Crippen molar-refractivity contribution >= 4 is 31.1 Å². The molecular weight excluding hydrogens is 412 g/mol. The highest BCUT2D eigenvalue weighted by Gasteiger charge is 2.56. The summed E-state index contributed by atoms with van der Waals surface area (Å²) in [5.74, 6) is -0.699. The van der Waals surface area contributed by atoms with Crippen LogP contribution in [0.1, 0.15) is 40.8 Å². The Labute approximate surface area is 177 Å². The molecule has 4 heterocycles. The van der Waals surface area contributed by atoms with E-state index in [1.165, 1.54) is 6.33 Å². The van der Waals surface area contributed by atoms with Gasteiger partial charge in [0, 0.05) is 0 Å². The Morgan fingerprint density at radius 2 is 1.86 bits per heavy atom. The molecule has 160 valence electrons. The van der Waals surface area contributed by atoms with Crippen LogP contribution in [0, 0.1) is 0 Å². The fraction of sp³-hybridized carbons (Fsp3) is 0.737. The predicted molar refractivity (Wildman–Crippen MR) is 111 cm³/mol. The van der Waals surface area contributed by atoms with Gasteiger partial charge in [-0.3, -0.25) is 4.57 Å². The van der Waals surface area contributed by atoms with E-state index in [1.807, 2.05) is 18.4 Å². The Balaban J connectivity index is 1.62. The molecule has 0 saturated carbocycles. The Bertz CT molecular complexity index is 913. The summed E-state index contributed by atoms with van der Waals surface area (Å²) >= 11 is 6.17. The zero-order valence-corrected chi connectivity index (χ0v) is 19.7. The molecule has 2 aromatic heterocycles. The Hall–Kier alpha value is -1.10. The van der Waals surface area contributed by atoms with Gasteiger partial charge in [-0.15, -0.1) is 0 Å². The second-order valence-corrected chi connectivity index (χ2v) is 14.9. The van der Waals surface area contributed by atoms with E-state index >= 15 is 0 Å². The summed E-state index contributed by atoms with van der Waals surface area (Å²) in [4.78, 5) is 12.7. The van der Waals surface area contributed by atoms with E-state index in [0.717, 1.165) is 0 Å². The van der Waals surface area contributed by atoms with Crippen LogP contribution in [0.15, 0.2) is 12.7 Å². The van der Waals surface area contributed by atoms with Crippen LogP contribution in [0.5, 0.6) is 0 Å². The van der Waals surface area contributed by atoms with Gasteiger partial charge in [0.15, 0.2) is 31.1 Å². The SMILES string of the molecule is CC1(C)O[C@H]2[C@H](O1)[C@@H](CO[Si](C)(C)C(C)(C)C)O[C@H]2n1cnc2c(Cl)ncnc21. The van der Waals surface area contributed by atoms with Crippen molar-refractivity contribution in [3.8, 4) is 0 Å². The van der Waals surface area contributed by atoms with Gasteiger partial charge in [-0.1, -0.05) is 32.4 Å². The highest BCUT2D eigenvalue weighted by Crippen LogP contribution is 2.45. The second kappa shape index (κ2) is 6.96. The van der Waals surface area contributed by atoms with Crippen molar-refractivity contribution < 1.29 is 18.6 Å². The van der Waals surface area contributed by atoms with Gasteiger partial charge in [0.05, 0.1) is 12.9 Å². The predicted octanol–water partition coefficient (Wildman–Crippen LogP) is 3.92. The Morgan fingerprint density at radius 3 is 2.55 bits per heavy atom. The topological polar surface area (TPSA) is 80.5 Å². The summed E-state index contributed by atoms with van der Waals surface area (Å²) < 4.78 is 27.1. The van der Waals surface area contributed by atoms with E-state index in [1.54, 1.807) is 6.33 Å². The molecule has 0 aromatic carbocycles. The molecular formula is C19H29ClN4O4Si. The van der Waals surface area contributed by atoms with Crippen molar-refractivity contribution in [2.24, 2.45) is 0 Å². The summed E-state index contributed by atoms with van der Waals surface area (Å²) in [5, 5.41) is 0.426. The summed E-state index contributed by atoms with van der Waals surface area (Å²) in [5.41, 5.74) is 1.14. The first kappa shape index (κ1) is 21.1. The third kappa shape index (κ3) is 3.73. The number of aromatic nitrogens is 4. The molecule has 0 spiro atoms. The quantitative estimate of drug-likeness (QED) is 0.526. The van der Waals surface area contributed by atoms with Crippen LogP contribution >= 0.6 is 11.6 Å². The summed E-state index contributed by atoms with van der Waals surface area (Å²) in [6.45, 7) is 15.4. The van der Waals surface area contributed by atoms with Crippen LogP contribution in [0.3, 0.4) is 0 Å². The lowest BCUT2D eigenvalue weighted by Gasteiger charge is -2.37. The molecule has 0 bridgehead atoms. The van der Waals surface area contributed by atoms with Gasteiger partial charge in [0.2, 0.25) is 0 Å². The van der Waals surface area contributed by atoms with Crippen LogP contribution in [0.25, 0.3) is 11.2 Å². The van der Waals surface area contributed by atoms with Gasteiger partial charge < -0.3 is 18.6 Å². The zero-order valence-electron chi connectivity index (χ0n) is 18.0. The van der Waals surface area contributed by atoms with Gasteiger partial charge >= 0.3 is 0 Å². The normalized spacial score (nSPS) is 29.5. The van der Waals surface area contributed by atoms with E-state index in [2.05, 4.69) is 48.8 Å². The minimum absolute atomic E-state index is 0.116. The molecule has 0 aliphatic carbocycles. The average molecular weight is 441 g/mol. The molecule has 4 rings (SSSR count). The average Bonchev–Trinajstić information content (AvgIpc) is 3.24. The maximum Gasteiger partial charge on any atom is 0.192 e. The van der Waals surface area contributed by atoms with E-state index in [-0.39, 0.29) is 23.4 Å². The van der Waals surface area contributed by atoms with Crippen LogP contribution < -0.4 is 0 Å². The highest BCUT2D eigenvalue weighted by atomic mass is 35.5. The maximum absolute atomic E-state index is 6.43. The van der Waals surface area contributed by atoms with E-state index in [0.29, 0.717) is 22.9 Å². The fourth-order valence-corrected chi connectivity index (χ4v) is 4.72. The number of halogens is 1. The molecule has 29 heavy (non-hydrogen) atoms. The smallest absolute Gasteiger partial charge is 0.192 e. The molecule has 0 radical (unpaired) electrons. The first-order chi connectivity index (χ1) is 13.4. The molecule has 8 nitrogen and oxygen atoms in total. The van der Waals surface area contributed by atoms with Crippen LogP contribution in [-0.2, 0) is 18.6 Å². The van der Waals surface area contributed by atoms with Crippen LogP contribution in [0.4, 0.5) is 0 Å². The van der Waals surface area contributed by atoms with Gasteiger partial charge in [0.25, 0.3) is 0 Å². The molecule has 0 N–H and O–H groups in total. The molecule has 10 heteroatoms. The minimum Gasteiger partial charge on any atom is -0.414 e. The molecule has 2 aromatic rings. The molecule has 2 saturated heterocycles. The zero-order chi connectivity index (χ0) is 21.2. The Kier molecular flexibility index (Phi) is 5.08. The van der Waals surface area contributed by atoms with Crippen LogP contribution in [-0.4, -0.2) is 58.5 Å². The van der Waals surface area contributed by atoms with Crippen molar-refractivity contribution in [1.29, 1.82) is 0 Å².